The van der Waals surface area contributed by atoms with E-state index in [-0.39, 0.29) is 30.0 Å². The fourth-order valence-corrected chi connectivity index (χ4v) is 3.89. The Labute approximate surface area is 163 Å². The molecule has 4 amide bonds. The number of hydrogen-bond acceptors (Lipinski definition) is 4. The number of nitrogens with zero attached hydrogens (tertiary/aromatic N) is 1. The Morgan fingerprint density at radius 3 is 2.68 bits per heavy atom. The van der Waals surface area contributed by atoms with Gasteiger partial charge in [0.05, 0.1) is 19.6 Å². The number of amides is 4. The first-order valence-electron chi connectivity index (χ1n) is 9.67. The zero-order valence-electron chi connectivity index (χ0n) is 16.2. The summed E-state index contributed by atoms with van der Waals surface area (Å²) < 4.78 is 18.7. The number of carbonyl (C=O) groups excluding carboxylic acids is 3. The summed E-state index contributed by atoms with van der Waals surface area (Å²) in [5, 5.41) is 5.37. The third kappa shape index (κ3) is 4.26. The molecule has 1 heterocycles. The predicted octanol–water partition coefficient (Wildman–Crippen LogP) is 2.65. The molecule has 0 spiro atoms. The minimum absolute atomic E-state index is 0.0736. The molecule has 2 aliphatic rings. The highest BCUT2D eigenvalue weighted by atomic mass is 19.1. The normalized spacial score (nSPS) is 21.4. The lowest BCUT2D eigenvalue weighted by Gasteiger charge is -2.28. The van der Waals surface area contributed by atoms with Crippen LogP contribution in [0.3, 0.4) is 0 Å². The van der Waals surface area contributed by atoms with E-state index >= 15 is 0 Å². The molecule has 2 fully saturated rings. The van der Waals surface area contributed by atoms with Crippen LogP contribution in [-0.4, -0.2) is 41.9 Å². The Balaban J connectivity index is 1.57. The second kappa shape index (κ2) is 8.58. The molecule has 0 bridgehead atoms. The van der Waals surface area contributed by atoms with Crippen molar-refractivity contribution in [1.82, 2.24) is 15.5 Å². The highest BCUT2D eigenvalue weighted by Gasteiger charge is 2.42. The van der Waals surface area contributed by atoms with E-state index in [4.69, 9.17) is 4.74 Å². The van der Waals surface area contributed by atoms with Crippen molar-refractivity contribution in [1.29, 1.82) is 0 Å². The summed E-state index contributed by atoms with van der Waals surface area (Å²) in [4.78, 5) is 38.5. The molecule has 28 heavy (non-hydrogen) atoms. The first-order chi connectivity index (χ1) is 13.4. The number of ether oxygens (including phenoxy) is 1. The number of benzene rings is 1. The third-order valence-electron chi connectivity index (χ3n) is 5.43. The van der Waals surface area contributed by atoms with Crippen molar-refractivity contribution in [2.24, 2.45) is 0 Å². The third-order valence-corrected chi connectivity index (χ3v) is 5.43. The maximum Gasteiger partial charge on any atom is 0.325 e. The van der Waals surface area contributed by atoms with Gasteiger partial charge in [0.2, 0.25) is 5.91 Å². The fourth-order valence-electron chi connectivity index (χ4n) is 3.89. The number of rotatable bonds is 6. The van der Waals surface area contributed by atoms with E-state index in [1.165, 1.54) is 24.1 Å². The Morgan fingerprint density at radius 2 is 2.04 bits per heavy atom. The van der Waals surface area contributed by atoms with Crippen LogP contribution < -0.4 is 15.4 Å². The summed E-state index contributed by atoms with van der Waals surface area (Å²) in [6.07, 6.45) is 4.62. The molecular formula is C20H26FN3O4. The van der Waals surface area contributed by atoms with E-state index in [0.717, 1.165) is 32.1 Å². The summed E-state index contributed by atoms with van der Waals surface area (Å²) in [7, 11) is 1.38. The van der Waals surface area contributed by atoms with Crippen LogP contribution >= 0.6 is 0 Å². The van der Waals surface area contributed by atoms with Gasteiger partial charge in [-0.3, -0.25) is 14.5 Å². The molecule has 3 rings (SSSR count). The van der Waals surface area contributed by atoms with Crippen molar-refractivity contribution in [3.8, 4) is 5.75 Å². The molecule has 1 saturated carbocycles. The molecule has 2 atom stereocenters. The van der Waals surface area contributed by atoms with Gasteiger partial charge in [0.1, 0.15) is 6.04 Å². The number of methoxy groups -OCH3 is 1. The van der Waals surface area contributed by atoms with Gasteiger partial charge in [-0.1, -0.05) is 25.3 Å². The van der Waals surface area contributed by atoms with Gasteiger partial charge in [-0.05, 0) is 37.5 Å². The second-order valence-electron chi connectivity index (χ2n) is 7.39. The quantitative estimate of drug-likeness (QED) is 0.730. The van der Waals surface area contributed by atoms with Gasteiger partial charge in [-0.2, -0.15) is 0 Å². The Hall–Kier alpha value is -2.64. The van der Waals surface area contributed by atoms with Gasteiger partial charge >= 0.3 is 6.03 Å². The SMILES string of the molecule is COc1ccc([C@@H](C)NC(=O)C[C@H]2NC(=O)N(C3CCCCC3)C2=O)cc1F. The van der Waals surface area contributed by atoms with E-state index < -0.39 is 23.9 Å². The zero-order valence-corrected chi connectivity index (χ0v) is 16.2. The minimum atomic E-state index is -0.853. The summed E-state index contributed by atoms with van der Waals surface area (Å²) in [5.41, 5.74) is 0.581. The van der Waals surface area contributed by atoms with Gasteiger partial charge < -0.3 is 15.4 Å². The van der Waals surface area contributed by atoms with E-state index in [1.807, 2.05) is 0 Å². The summed E-state index contributed by atoms with van der Waals surface area (Å²) in [6, 6.07) is 2.67. The van der Waals surface area contributed by atoms with Crippen molar-refractivity contribution in [2.45, 2.75) is 63.6 Å². The topological polar surface area (TPSA) is 87.7 Å². The van der Waals surface area contributed by atoms with E-state index in [9.17, 15) is 18.8 Å². The number of imide groups is 1. The molecule has 1 aliphatic carbocycles. The molecule has 0 unspecified atom stereocenters. The maximum atomic E-state index is 13.9. The van der Waals surface area contributed by atoms with Crippen LogP contribution in [0.2, 0.25) is 0 Å². The van der Waals surface area contributed by atoms with Gasteiger partial charge in [0.25, 0.3) is 5.91 Å². The fraction of sp³-hybridized carbons (Fsp3) is 0.550. The number of carbonyl (C=O) groups is 3. The standard InChI is InChI=1S/C20H26FN3O4/c1-12(13-8-9-17(28-2)15(21)10-13)22-18(25)11-16-19(26)24(20(27)23-16)14-6-4-3-5-7-14/h8-10,12,14,16H,3-7,11H2,1-2H3,(H,22,25)(H,23,27)/t12-,16-/m1/s1. The lowest BCUT2D eigenvalue weighted by atomic mass is 9.94. The van der Waals surface area contributed by atoms with Gasteiger partial charge in [0.15, 0.2) is 11.6 Å². The molecule has 2 N–H and O–H groups in total. The minimum Gasteiger partial charge on any atom is -0.494 e. The molecule has 1 aromatic rings. The molecule has 0 aromatic heterocycles. The largest absolute Gasteiger partial charge is 0.494 e. The highest BCUT2D eigenvalue weighted by Crippen LogP contribution is 2.26. The maximum absolute atomic E-state index is 13.9. The van der Waals surface area contributed by atoms with Crippen molar-refractivity contribution in [2.75, 3.05) is 7.11 Å². The number of halogens is 1. The first-order valence-corrected chi connectivity index (χ1v) is 9.67. The number of urea groups is 1. The molecule has 7 nitrogen and oxygen atoms in total. The zero-order chi connectivity index (χ0) is 20.3. The van der Waals surface area contributed by atoms with Gasteiger partial charge in [-0.15, -0.1) is 0 Å². The van der Waals surface area contributed by atoms with E-state index in [1.54, 1.807) is 13.0 Å². The van der Waals surface area contributed by atoms with Crippen LogP contribution in [0.15, 0.2) is 18.2 Å². The Morgan fingerprint density at radius 1 is 1.32 bits per heavy atom. The molecule has 8 heteroatoms. The van der Waals surface area contributed by atoms with Crippen LogP contribution in [0.4, 0.5) is 9.18 Å². The smallest absolute Gasteiger partial charge is 0.325 e. The lowest BCUT2D eigenvalue weighted by molar-refractivity contribution is -0.132. The Kier molecular flexibility index (Phi) is 6.16. The summed E-state index contributed by atoms with van der Waals surface area (Å²) in [6.45, 7) is 1.72. The molecule has 0 radical (unpaired) electrons. The molecular weight excluding hydrogens is 365 g/mol. The van der Waals surface area contributed by atoms with Crippen LogP contribution in [-0.2, 0) is 9.59 Å². The highest BCUT2D eigenvalue weighted by molar-refractivity contribution is 6.06. The number of hydrogen-bond donors (Lipinski definition) is 2. The predicted molar refractivity (Wildman–Crippen MR) is 100 cm³/mol. The summed E-state index contributed by atoms with van der Waals surface area (Å²) >= 11 is 0. The van der Waals surface area contributed by atoms with Crippen LogP contribution in [0, 0.1) is 5.82 Å². The van der Waals surface area contributed by atoms with Crippen molar-refractivity contribution in [3.63, 3.8) is 0 Å². The molecule has 1 aliphatic heterocycles. The van der Waals surface area contributed by atoms with Crippen LogP contribution in [0.5, 0.6) is 5.75 Å². The average molecular weight is 391 g/mol. The lowest BCUT2D eigenvalue weighted by Crippen LogP contribution is -2.42. The van der Waals surface area contributed by atoms with E-state index in [2.05, 4.69) is 10.6 Å². The van der Waals surface area contributed by atoms with Crippen molar-refractivity contribution < 1.29 is 23.5 Å². The van der Waals surface area contributed by atoms with Crippen LogP contribution in [0.1, 0.15) is 57.1 Å². The van der Waals surface area contributed by atoms with Crippen LogP contribution in [0.25, 0.3) is 0 Å². The monoisotopic (exact) mass is 391 g/mol. The molecule has 1 aromatic carbocycles. The second-order valence-corrected chi connectivity index (χ2v) is 7.39. The first kappa shape index (κ1) is 20.1. The number of nitrogens with one attached hydrogen (secondary N) is 2. The Bertz CT molecular complexity index is 764. The summed E-state index contributed by atoms with van der Waals surface area (Å²) in [5.74, 6) is -1.10. The van der Waals surface area contributed by atoms with Crippen molar-refractivity contribution >= 4 is 17.8 Å². The molecule has 1 saturated heterocycles. The average Bonchev–Trinajstić information content (AvgIpc) is 2.95. The van der Waals surface area contributed by atoms with Gasteiger partial charge in [0, 0.05) is 6.04 Å². The van der Waals surface area contributed by atoms with Gasteiger partial charge in [-0.25, -0.2) is 9.18 Å². The van der Waals surface area contributed by atoms with Crippen molar-refractivity contribution in [3.05, 3.63) is 29.6 Å². The van der Waals surface area contributed by atoms with E-state index in [0.29, 0.717) is 5.56 Å². The molecule has 152 valence electrons.